The third kappa shape index (κ3) is 3.31. The fourth-order valence-corrected chi connectivity index (χ4v) is 2.96. The van der Waals surface area contributed by atoms with E-state index in [0.29, 0.717) is 0 Å². The summed E-state index contributed by atoms with van der Waals surface area (Å²) in [6.45, 7) is 6.13. The Labute approximate surface area is 136 Å². The van der Waals surface area contributed by atoms with E-state index < -0.39 is 0 Å². The summed E-state index contributed by atoms with van der Waals surface area (Å²) in [4.78, 5) is 14.5. The van der Waals surface area contributed by atoms with Crippen molar-refractivity contribution in [1.82, 2.24) is 15.1 Å². The first-order valence-electron chi connectivity index (χ1n) is 8.00. The van der Waals surface area contributed by atoms with Crippen LogP contribution in [0.3, 0.4) is 0 Å². The first-order chi connectivity index (χ1) is 11.1. The van der Waals surface area contributed by atoms with Gasteiger partial charge in [0.15, 0.2) is 0 Å². The zero-order valence-corrected chi connectivity index (χ0v) is 13.8. The van der Waals surface area contributed by atoms with Crippen LogP contribution in [0.2, 0.25) is 0 Å². The number of amides is 2. The third-order valence-electron chi connectivity index (χ3n) is 4.29. The smallest absolute Gasteiger partial charge is 0.319 e. The largest absolute Gasteiger partial charge is 0.371 e. The van der Waals surface area contributed by atoms with Gasteiger partial charge in [-0.25, -0.2) is 4.79 Å². The second-order valence-corrected chi connectivity index (χ2v) is 5.94. The molecule has 0 radical (unpaired) electrons. The minimum absolute atomic E-state index is 0.0923. The Morgan fingerprint density at radius 2 is 2.26 bits per heavy atom. The van der Waals surface area contributed by atoms with Crippen LogP contribution in [-0.2, 0) is 13.5 Å². The average Bonchev–Trinajstić information content (AvgIpc) is 3.12. The highest BCUT2D eigenvalue weighted by molar-refractivity contribution is 5.90. The number of nitrogens with one attached hydrogen (secondary N) is 2. The SMILES string of the molecule is CCN1CCc2ccc(NC(=O)N[C@H](C)c3cnn(C)c3)cc21. The maximum atomic E-state index is 12.2. The first-order valence-corrected chi connectivity index (χ1v) is 8.00. The van der Waals surface area contributed by atoms with Gasteiger partial charge in [-0.05, 0) is 38.0 Å². The molecule has 2 heterocycles. The second kappa shape index (κ2) is 6.32. The fourth-order valence-electron chi connectivity index (χ4n) is 2.96. The Bertz CT molecular complexity index is 709. The van der Waals surface area contributed by atoms with Crippen LogP contribution < -0.4 is 15.5 Å². The molecule has 6 heteroatoms. The Hall–Kier alpha value is -2.50. The highest BCUT2D eigenvalue weighted by Gasteiger charge is 2.18. The van der Waals surface area contributed by atoms with E-state index in [-0.39, 0.29) is 12.1 Å². The molecule has 1 aliphatic rings. The van der Waals surface area contributed by atoms with E-state index in [2.05, 4.69) is 39.7 Å². The Morgan fingerprint density at radius 3 is 2.96 bits per heavy atom. The van der Waals surface area contributed by atoms with Crippen molar-refractivity contribution in [2.75, 3.05) is 23.3 Å². The van der Waals surface area contributed by atoms with Crippen LogP contribution in [-0.4, -0.2) is 28.9 Å². The minimum Gasteiger partial charge on any atom is -0.371 e. The quantitative estimate of drug-likeness (QED) is 0.912. The van der Waals surface area contributed by atoms with Gasteiger partial charge < -0.3 is 15.5 Å². The highest BCUT2D eigenvalue weighted by atomic mass is 16.2. The molecule has 1 aliphatic heterocycles. The maximum Gasteiger partial charge on any atom is 0.319 e. The normalized spacial score (nSPS) is 14.5. The summed E-state index contributed by atoms with van der Waals surface area (Å²) in [5.41, 5.74) is 4.38. The summed E-state index contributed by atoms with van der Waals surface area (Å²) in [6.07, 6.45) is 4.74. The predicted molar refractivity (Wildman–Crippen MR) is 91.8 cm³/mol. The van der Waals surface area contributed by atoms with Crippen LogP contribution in [0, 0.1) is 0 Å². The van der Waals surface area contributed by atoms with Crippen molar-refractivity contribution in [1.29, 1.82) is 0 Å². The molecule has 1 aromatic heterocycles. The van der Waals surface area contributed by atoms with E-state index in [1.54, 1.807) is 10.9 Å². The van der Waals surface area contributed by atoms with E-state index in [1.807, 2.05) is 26.2 Å². The van der Waals surface area contributed by atoms with Crippen molar-refractivity contribution < 1.29 is 4.79 Å². The van der Waals surface area contributed by atoms with Gasteiger partial charge in [-0.2, -0.15) is 5.10 Å². The molecule has 122 valence electrons. The molecule has 1 aromatic carbocycles. The third-order valence-corrected chi connectivity index (χ3v) is 4.29. The van der Waals surface area contributed by atoms with Gasteiger partial charge in [-0.15, -0.1) is 0 Å². The van der Waals surface area contributed by atoms with Gasteiger partial charge >= 0.3 is 6.03 Å². The van der Waals surface area contributed by atoms with Crippen LogP contribution in [0.5, 0.6) is 0 Å². The second-order valence-electron chi connectivity index (χ2n) is 5.94. The number of nitrogens with zero attached hydrogens (tertiary/aromatic N) is 3. The molecule has 0 fully saturated rings. The lowest BCUT2D eigenvalue weighted by Gasteiger charge is -2.18. The Morgan fingerprint density at radius 1 is 1.43 bits per heavy atom. The topological polar surface area (TPSA) is 62.2 Å². The summed E-state index contributed by atoms with van der Waals surface area (Å²) < 4.78 is 1.73. The van der Waals surface area contributed by atoms with Crippen molar-refractivity contribution in [3.63, 3.8) is 0 Å². The summed E-state index contributed by atoms with van der Waals surface area (Å²) in [6, 6.07) is 5.82. The molecule has 0 unspecified atom stereocenters. The lowest BCUT2D eigenvalue weighted by atomic mass is 10.1. The number of hydrogen-bond acceptors (Lipinski definition) is 3. The van der Waals surface area contributed by atoms with E-state index in [4.69, 9.17) is 0 Å². The number of carbonyl (C=O) groups is 1. The number of urea groups is 1. The van der Waals surface area contributed by atoms with Crippen molar-refractivity contribution in [3.8, 4) is 0 Å². The lowest BCUT2D eigenvalue weighted by Crippen LogP contribution is -2.31. The number of carbonyl (C=O) groups excluding carboxylic acids is 1. The fraction of sp³-hybridized carbons (Fsp3) is 0.412. The van der Waals surface area contributed by atoms with Gasteiger partial charge in [0.1, 0.15) is 0 Å². The Balaban J connectivity index is 1.64. The first kappa shape index (κ1) is 15.4. The van der Waals surface area contributed by atoms with Crippen LogP contribution in [0.4, 0.5) is 16.2 Å². The molecule has 6 nitrogen and oxygen atoms in total. The van der Waals surface area contributed by atoms with Crippen LogP contribution in [0.1, 0.15) is 31.0 Å². The number of hydrogen-bond donors (Lipinski definition) is 2. The zero-order chi connectivity index (χ0) is 16.4. The van der Waals surface area contributed by atoms with Gasteiger partial charge in [-0.3, -0.25) is 4.68 Å². The Kier molecular flexibility index (Phi) is 4.23. The predicted octanol–water partition coefficient (Wildman–Crippen LogP) is 2.69. The van der Waals surface area contributed by atoms with Gasteiger partial charge in [0.05, 0.1) is 12.2 Å². The van der Waals surface area contributed by atoms with Gasteiger partial charge in [0.25, 0.3) is 0 Å². The monoisotopic (exact) mass is 313 g/mol. The lowest BCUT2D eigenvalue weighted by molar-refractivity contribution is 0.249. The van der Waals surface area contributed by atoms with Crippen LogP contribution in [0.25, 0.3) is 0 Å². The summed E-state index contributed by atoms with van der Waals surface area (Å²) in [5, 5.41) is 9.98. The molecule has 23 heavy (non-hydrogen) atoms. The molecule has 1 atom stereocenters. The number of rotatable bonds is 4. The number of aromatic nitrogens is 2. The molecule has 3 rings (SSSR count). The molecule has 0 aliphatic carbocycles. The molecule has 0 saturated carbocycles. The molecule has 2 N–H and O–H groups in total. The molecule has 0 saturated heterocycles. The maximum absolute atomic E-state index is 12.2. The number of fused-ring (bicyclic) bond motifs is 1. The molecular formula is C17H23N5O. The summed E-state index contributed by atoms with van der Waals surface area (Å²) in [7, 11) is 1.86. The number of likely N-dealkylation sites (N-methyl/N-ethyl adjacent to an activating group) is 1. The summed E-state index contributed by atoms with van der Waals surface area (Å²) in [5.74, 6) is 0. The van der Waals surface area contributed by atoms with Crippen molar-refractivity contribution in [2.45, 2.75) is 26.3 Å². The van der Waals surface area contributed by atoms with E-state index >= 15 is 0 Å². The number of aryl methyl sites for hydroxylation is 1. The van der Waals surface area contributed by atoms with Crippen molar-refractivity contribution in [3.05, 3.63) is 41.7 Å². The molecule has 2 aromatic rings. The van der Waals surface area contributed by atoms with Crippen molar-refractivity contribution in [2.24, 2.45) is 7.05 Å². The standard InChI is InChI=1S/C17H23N5O/c1-4-22-8-7-13-5-6-15(9-16(13)22)20-17(23)19-12(2)14-10-18-21(3)11-14/h5-6,9-12H,4,7-8H2,1-3H3,(H2,19,20,23)/t12-/m1/s1. The minimum atomic E-state index is -0.206. The van der Waals surface area contributed by atoms with Gasteiger partial charge in [-0.1, -0.05) is 6.07 Å². The molecule has 2 amide bonds. The van der Waals surface area contributed by atoms with Gasteiger partial charge in [0, 0.05) is 43.3 Å². The number of anilines is 2. The van der Waals surface area contributed by atoms with E-state index in [1.165, 1.54) is 11.3 Å². The van der Waals surface area contributed by atoms with Gasteiger partial charge in [0.2, 0.25) is 0 Å². The van der Waals surface area contributed by atoms with E-state index in [0.717, 1.165) is 30.8 Å². The highest BCUT2D eigenvalue weighted by Crippen LogP contribution is 2.30. The van der Waals surface area contributed by atoms with Crippen molar-refractivity contribution >= 4 is 17.4 Å². The molecule has 0 bridgehead atoms. The number of benzene rings is 1. The van der Waals surface area contributed by atoms with E-state index in [9.17, 15) is 4.79 Å². The van der Waals surface area contributed by atoms with Crippen LogP contribution >= 0.6 is 0 Å². The molecular weight excluding hydrogens is 290 g/mol. The molecule has 0 spiro atoms. The summed E-state index contributed by atoms with van der Waals surface area (Å²) >= 11 is 0. The zero-order valence-electron chi connectivity index (χ0n) is 13.8. The van der Waals surface area contributed by atoms with Crippen LogP contribution in [0.15, 0.2) is 30.6 Å². The average molecular weight is 313 g/mol.